The van der Waals surface area contributed by atoms with Crippen molar-refractivity contribution in [2.75, 3.05) is 13.1 Å². The summed E-state index contributed by atoms with van der Waals surface area (Å²) in [5.41, 5.74) is 0.216. The van der Waals surface area contributed by atoms with Crippen LogP contribution in [-0.2, 0) is 11.2 Å². The summed E-state index contributed by atoms with van der Waals surface area (Å²) in [6, 6.07) is -0.309. The molecule has 1 saturated carbocycles. The fraction of sp³-hybridized carbons (Fsp3) is 0.643. The fourth-order valence-corrected chi connectivity index (χ4v) is 3.41. The third-order valence-electron chi connectivity index (χ3n) is 3.89. The van der Waals surface area contributed by atoms with Crippen molar-refractivity contribution in [1.82, 2.24) is 15.6 Å². The lowest BCUT2D eigenvalue weighted by Gasteiger charge is -2.23. The summed E-state index contributed by atoms with van der Waals surface area (Å²) in [5.74, 6) is -0.807. The third kappa shape index (κ3) is 4.17. The minimum atomic E-state index is -0.807. The molecule has 0 unspecified atom stereocenters. The third-order valence-corrected chi connectivity index (χ3v) is 4.92. The highest BCUT2D eigenvalue weighted by atomic mass is 32.1. The second kappa shape index (κ2) is 6.89. The molecule has 1 aromatic rings. The molecule has 1 heterocycles. The average molecular weight is 311 g/mol. The van der Waals surface area contributed by atoms with Crippen LogP contribution >= 0.6 is 11.3 Å². The number of hydrogen-bond donors (Lipinski definition) is 3. The molecule has 0 aromatic carbocycles. The van der Waals surface area contributed by atoms with E-state index in [0.717, 1.165) is 23.5 Å². The summed E-state index contributed by atoms with van der Waals surface area (Å²) in [4.78, 5) is 27.4. The van der Waals surface area contributed by atoms with Crippen LogP contribution in [0.3, 0.4) is 0 Å². The smallest absolute Gasteiger partial charge is 0.314 e. The molecule has 2 rings (SSSR count). The standard InChI is InChI=1S/C14H21N3O3S/c1-10-8-21-11(17-10)4-7-15-13(20)16-9-14(12(18)19)5-2-3-6-14/h8H,2-7,9H2,1H3,(H,18,19)(H2,15,16,20). The number of urea groups is 1. The van der Waals surface area contributed by atoms with Gasteiger partial charge in [0.25, 0.3) is 0 Å². The van der Waals surface area contributed by atoms with Gasteiger partial charge in [0.15, 0.2) is 0 Å². The van der Waals surface area contributed by atoms with Crippen LogP contribution in [0.4, 0.5) is 4.79 Å². The van der Waals surface area contributed by atoms with Gasteiger partial charge in [0.2, 0.25) is 0 Å². The molecular formula is C14H21N3O3S. The molecule has 0 aliphatic heterocycles. The van der Waals surface area contributed by atoms with Gasteiger partial charge >= 0.3 is 12.0 Å². The Morgan fingerprint density at radius 3 is 2.67 bits per heavy atom. The number of hydrogen-bond acceptors (Lipinski definition) is 4. The average Bonchev–Trinajstić information content (AvgIpc) is 3.06. The van der Waals surface area contributed by atoms with Gasteiger partial charge in [-0.15, -0.1) is 11.3 Å². The van der Waals surface area contributed by atoms with Gasteiger partial charge in [-0.25, -0.2) is 9.78 Å². The van der Waals surface area contributed by atoms with Crippen LogP contribution in [-0.4, -0.2) is 35.2 Å². The molecule has 0 bridgehead atoms. The fourth-order valence-electron chi connectivity index (χ4n) is 2.63. The molecule has 0 atom stereocenters. The lowest BCUT2D eigenvalue weighted by atomic mass is 9.86. The summed E-state index contributed by atoms with van der Waals surface area (Å²) in [6.45, 7) is 2.64. The minimum Gasteiger partial charge on any atom is -0.481 e. The largest absolute Gasteiger partial charge is 0.481 e. The van der Waals surface area contributed by atoms with Crippen molar-refractivity contribution in [1.29, 1.82) is 0 Å². The molecule has 1 aliphatic rings. The number of nitrogens with zero attached hydrogens (tertiary/aromatic N) is 1. The van der Waals surface area contributed by atoms with Crippen molar-refractivity contribution >= 4 is 23.3 Å². The number of carbonyl (C=O) groups is 2. The van der Waals surface area contributed by atoms with Gasteiger partial charge in [-0.3, -0.25) is 4.79 Å². The van der Waals surface area contributed by atoms with E-state index in [9.17, 15) is 14.7 Å². The first-order valence-corrected chi connectivity index (χ1v) is 8.06. The number of rotatable bonds is 6. The predicted molar refractivity (Wildman–Crippen MR) is 80.5 cm³/mol. The number of thiazole rings is 1. The van der Waals surface area contributed by atoms with Crippen LogP contribution in [0.1, 0.15) is 36.4 Å². The summed E-state index contributed by atoms with van der Waals surface area (Å²) in [6.07, 6.45) is 3.80. The molecule has 3 N–H and O–H groups in total. The van der Waals surface area contributed by atoms with Gasteiger partial charge in [-0.05, 0) is 19.8 Å². The molecule has 0 saturated heterocycles. The molecule has 2 amide bonds. The maximum atomic E-state index is 11.7. The van der Waals surface area contributed by atoms with Crippen molar-refractivity contribution in [3.8, 4) is 0 Å². The predicted octanol–water partition coefficient (Wildman–Crippen LogP) is 1.94. The summed E-state index contributed by atoms with van der Waals surface area (Å²) >= 11 is 1.58. The summed E-state index contributed by atoms with van der Waals surface area (Å²) < 4.78 is 0. The Morgan fingerprint density at radius 2 is 2.10 bits per heavy atom. The van der Waals surface area contributed by atoms with Crippen LogP contribution in [0.2, 0.25) is 0 Å². The molecular weight excluding hydrogens is 290 g/mol. The topological polar surface area (TPSA) is 91.3 Å². The zero-order chi connectivity index (χ0) is 15.3. The highest BCUT2D eigenvalue weighted by Gasteiger charge is 2.41. The van der Waals surface area contributed by atoms with Crippen LogP contribution in [0.25, 0.3) is 0 Å². The zero-order valence-electron chi connectivity index (χ0n) is 12.1. The van der Waals surface area contributed by atoms with Crippen molar-refractivity contribution in [2.45, 2.75) is 39.0 Å². The van der Waals surface area contributed by atoms with E-state index in [2.05, 4.69) is 15.6 Å². The van der Waals surface area contributed by atoms with Crippen molar-refractivity contribution in [2.24, 2.45) is 5.41 Å². The Balaban J connectivity index is 1.71. The Hall–Kier alpha value is -1.63. The zero-order valence-corrected chi connectivity index (χ0v) is 13.0. The number of amides is 2. The van der Waals surface area contributed by atoms with E-state index in [1.54, 1.807) is 11.3 Å². The van der Waals surface area contributed by atoms with E-state index in [4.69, 9.17) is 0 Å². The second-order valence-electron chi connectivity index (χ2n) is 5.53. The molecule has 6 nitrogen and oxygen atoms in total. The van der Waals surface area contributed by atoms with Crippen molar-refractivity contribution in [3.63, 3.8) is 0 Å². The van der Waals surface area contributed by atoms with E-state index in [1.165, 1.54) is 0 Å². The molecule has 1 aliphatic carbocycles. The van der Waals surface area contributed by atoms with E-state index < -0.39 is 11.4 Å². The number of carboxylic acids is 1. The van der Waals surface area contributed by atoms with Gasteiger partial charge < -0.3 is 15.7 Å². The first-order valence-electron chi connectivity index (χ1n) is 7.18. The lowest BCUT2D eigenvalue weighted by molar-refractivity contribution is -0.148. The maximum Gasteiger partial charge on any atom is 0.314 e. The molecule has 0 radical (unpaired) electrons. The van der Waals surface area contributed by atoms with Gasteiger partial charge in [0.05, 0.1) is 10.4 Å². The monoisotopic (exact) mass is 311 g/mol. The number of aliphatic carboxylic acids is 1. The second-order valence-corrected chi connectivity index (χ2v) is 6.48. The van der Waals surface area contributed by atoms with E-state index >= 15 is 0 Å². The first kappa shape index (κ1) is 15.8. The molecule has 1 fully saturated rings. The quantitative estimate of drug-likeness (QED) is 0.748. The molecule has 116 valence electrons. The van der Waals surface area contributed by atoms with E-state index in [0.29, 0.717) is 25.8 Å². The number of aromatic nitrogens is 1. The van der Waals surface area contributed by atoms with Crippen LogP contribution in [0, 0.1) is 12.3 Å². The lowest BCUT2D eigenvalue weighted by Crippen LogP contribution is -2.45. The summed E-state index contributed by atoms with van der Waals surface area (Å²) in [5, 5.41) is 17.7. The Kier molecular flexibility index (Phi) is 5.17. The van der Waals surface area contributed by atoms with Crippen molar-refractivity contribution in [3.05, 3.63) is 16.1 Å². The Bertz CT molecular complexity index is 509. The van der Waals surface area contributed by atoms with Gasteiger partial charge in [0.1, 0.15) is 0 Å². The molecule has 1 aromatic heterocycles. The number of carboxylic acid groups (broad SMARTS) is 1. The number of nitrogens with one attached hydrogen (secondary N) is 2. The van der Waals surface area contributed by atoms with Crippen LogP contribution in [0.15, 0.2) is 5.38 Å². The minimum absolute atomic E-state index is 0.199. The van der Waals surface area contributed by atoms with Crippen LogP contribution < -0.4 is 10.6 Å². The van der Waals surface area contributed by atoms with Crippen molar-refractivity contribution < 1.29 is 14.7 Å². The van der Waals surface area contributed by atoms with E-state index in [-0.39, 0.29) is 12.6 Å². The Labute approximate surface area is 128 Å². The molecule has 7 heteroatoms. The molecule has 0 spiro atoms. The van der Waals surface area contributed by atoms with E-state index in [1.807, 2.05) is 12.3 Å². The highest BCUT2D eigenvalue weighted by Crippen LogP contribution is 2.37. The first-order chi connectivity index (χ1) is 10.0. The Morgan fingerprint density at radius 1 is 1.38 bits per heavy atom. The van der Waals surface area contributed by atoms with Crippen LogP contribution in [0.5, 0.6) is 0 Å². The highest BCUT2D eigenvalue weighted by molar-refractivity contribution is 7.09. The molecule has 21 heavy (non-hydrogen) atoms. The SMILES string of the molecule is Cc1csc(CCNC(=O)NCC2(C(=O)O)CCCC2)n1. The van der Waals surface area contributed by atoms with Gasteiger partial charge in [-0.2, -0.15) is 0 Å². The normalized spacial score (nSPS) is 16.6. The number of aryl methyl sites for hydroxylation is 1. The van der Waals surface area contributed by atoms with Gasteiger partial charge in [-0.1, -0.05) is 12.8 Å². The summed E-state index contributed by atoms with van der Waals surface area (Å²) in [7, 11) is 0. The number of carbonyl (C=O) groups excluding carboxylic acids is 1. The maximum absolute atomic E-state index is 11.7. The van der Waals surface area contributed by atoms with Gasteiger partial charge in [0, 0.05) is 30.6 Å².